The van der Waals surface area contributed by atoms with Gasteiger partial charge in [0.15, 0.2) is 0 Å². The van der Waals surface area contributed by atoms with Gasteiger partial charge in [-0.05, 0) is 61.3 Å². The van der Waals surface area contributed by atoms with Gasteiger partial charge in [-0.2, -0.15) is 0 Å². The fourth-order valence-corrected chi connectivity index (χ4v) is 8.21. The van der Waals surface area contributed by atoms with E-state index in [2.05, 4.69) is 31.4 Å². The van der Waals surface area contributed by atoms with Crippen LogP contribution in [0.25, 0.3) is 0 Å². The third kappa shape index (κ3) is 4.40. The number of anilines is 1. The highest BCUT2D eigenvalue weighted by Gasteiger charge is 2.73. The molecule has 2 N–H and O–H groups in total. The second-order valence-electron chi connectivity index (χ2n) is 12.7. The van der Waals surface area contributed by atoms with Crippen molar-refractivity contribution in [3.05, 3.63) is 41.4 Å². The number of carbonyl (C=O) groups is 3. The second kappa shape index (κ2) is 10.2. The number of rotatable bonds is 5. The van der Waals surface area contributed by atoms with Crippen LogP contribution in [-0.2, 0) is 19.1 Å². The SMILES string of the molecule is C[C@@H]1[C@H](C)CCC[C@@H]1NC(=O)[C@@H]1N([C@@H]2CCCC[C@@H]2C)C(=O)[C@H]2[C@@H](C(=O)Nc3ccc(Cl)cc3)[C@H]3C=C[C@@]12O3. The molecule has 5 aliphatic rings. The first-order valence-corrected chi connectivity index (χ1v) is 15.1. The maximum atomic E-state index is 14.4. The molecule has 0 aromatic heterocycles. The smallest absolute Gasteiger partial charge is 0.246 e. The molecule has 210 valence electrons. The van der Waals surface area contributed by atoms with E-state index >= 15 is 0 Å². The third-order valence-corrected chi connectivity index (χ3v) is 10.7. The number of benzene rings is 1. The molecule has 2 saturated carbocycles. The van der Waals surface area contributed by atoms with Crippen molar-refractivity contribution in [1.82, 2.24) is 10.2 Å². The number of hydrogen-bond acceptors (Lipinski definition) is 4. The number of nitrogens with one attached hydrogen (secondary N) is 2. The molecule has 2 aliphatic carbocycles. The van der Waals surface area contributed by atoms with Gasteiger partial charge in [-0.25, -0.2) is 0 Å². The molecule has 0 radical (unpaired) electrons. The number of likely N-dealkylation sites (tertiary alicyclic amines) is 1. The number of halogens is 1. The highest BCUT2D eigenvalue weighted by atomic mass is 35.5. The number of amides is 3. The number of carbonyl (C=O) groups excluding carboxylic acids is 3. The van der Waals surface area contributed by atoms with Crippen molar-refractivity contribution >= 4 is 35.0 Å². The number of fused-ring (bicyclic) bond motifs is 1. The monoisotopic (exact) mass is 553 g/mol. The zero-order valence-electron chi connectivity index (χ0n) is 23.1. The summed E-state index contributed by atoms with van der Waals surface area (Å²) in [6, 6.07) is 6.18. The van der Waals surface area contributed by atoms with Crippen molar-refractivity contribution in [3.8, 4) is 0 Å². The zero-order valence-corrected chi connectivity index (χ0v) is 23.8. The van der Waals surface area contributed by atoms with Crippen molar-refractivity contribution in [2.45, 2.75) is 95.5 Å². The first kappa shape index (κ1) is 26.8. The highest BCUT2D eigenvalue weighted by molar-refractivity contribution is 6.30. The molecule has 2 bridgehead atoms. The fourth-order valence-electron chi connectivity index (χ4n) is 8.08. The molecule has 3 amide bonds. The minimum atomic E-state index is -1.13. The zero-order chi connectivity index (χ0) is 27.5. The van der Waals surface area contributed by atoms with E-state index in [4.69, 9.17) is 16.3 Å². The van der Waals surface area contributed by atoms with Gasteiger partial charge in [0.05, 0.1) is 17.9 Å². The van der Waals surface area contributed by atoms with Gasteiger partial charge >= 0.3 is 0 Å². The molecule has 4 fully saturated rings. The number of nitrogens with zero attached hydrogens (tertiary/aromatic N) is 1. The molecule has 1 aromatic rings. The Bertz CT molecular complexity index is 1170. The topological polar surface area (TPSA) is 87.7 Å². The lowest BCUT2D eigenvalue weighted by atomic mass is 9.73. The first-order chi connectivity index (χ1) is 18.7. The van der Waals surface area contributed by atoms with Crippen LogP contribution in [0.4, 0.5) is 5.69 Å². The maximum Gasteiger partial charge on any atom is 0.246 e. The van der Waals surface area contributed by atoms with Crippen LogP contribution in [0.2, 0.25) is 5.02 Å². The van der Waals surface area contributed by atoms with E-state index in [9.17, 15) is 14.4 Å². The molecule has 3 heterocycles. The van der Waals surface area contributed by atoms with Crippen LogP contribution in [0.15, 0.2) is 36.4 Å². The van der Waals surface area contributed by atoms with Gasteiger partial charge in [0.1, 0.15) is 11.6 Å². The Labute approximate surface area is 236 Å². The molecule has 39 heavy (non-hydrogen) atoms. The predicted octanol–water partition coefficient (Wildman–Crippen LogP) is 4.95. The molecule has 3 aliphatic heterocycles. The van der Waals surface area contributed by atoms with E-state index in [1.54, 1.807) is 24.3 Å². The quantitative estimate of drug-likeness (QED) is 0.505. The van der Waals surface area contributed by atoms with Crippen LogP contribution in [0, 0.1) is 29.6 Å². The third-order valence-electron chi connectivity index (χ3n) is 10.4. The van der Waals surface area contributed by atoms with Gasteiger partial charge in [-0.1, -0.05) is 70.2 Å². The van der Waals surface area contributed by atoms with Crippen molar-refractivity contribution < 1.29 is 19.1 Å². The molecule has 7 nitrogen and oxygen atoms in total. The van der Waals surface area contributed by atoms with Crippen LogP contribution >= 0.6 is 11.6 Å². The molecule has 2 saturated heterocycles. The van der Waals surface area contributed by atoms with Gasteiger partial charge in [-0.15, -0.1) is 0 Å². The summed E-state index contributed by atoms with van der Waals surface area (Å²) in [6.07, 6.45) is 10.5. The molecule has 10 atom stereocenters. The standard InChI is InChI=1S/C31H40ClN3O4/c1-17-8-6-9-22(19(17)3)34-29(37)27-31-16-15-24(39-31)25(28(36)33-21-13-11-20(32)12-14-21)26(31)30(38)35(27)23-10-5-4-7-18(23)2/h11-19,22-27H,4-10H2,1-3H3,(H,33,36)(H,34,37)/t17-,18+,19-,22+,23-,24-,25+,26-,27+,31+/m1/s1. The summed E-state index contributed by atoms with van der Waals surface area (Å²) < 4.78 is 6.56. The van der Waals surface area contributed by atoms with E-state index in [1.807, 2.05) is 17.1 Å². The lowest BCUT2D eigenvalue weighted by Crippen LogP contribution is -2.60. The summed E-state index contributed by atoms with van der Waals surface area (Å²) in [7, 11) is 0. The largest absolute Gasteiger partial charge is 0.359 e. The Balaban J connectivity index is 1.33. The van der Waals surface area contributed by atoms with E-state index in [1.165, 1.54) is 6.42 Å². The second-order valence-corrected chi connectivity index (χ2v) is 13.1. The van der Waals surface area contributed by atoms with Crippen LogP contribution < -0.4 is 10.6 Å². The average Bonchev–Trinajstić information content (AvgIpc) is 3.56. The lowest BCUT2D eigenvalue weighted by Gasteiger charge is -2.42. The molecule has 8 heteroatoms. The summed E-state index contributed by atoms with van der Waals surface area (Å²) in [5, 5.41) is 6.91. The molecule has 6 rings (SSSR count). The highest BCUT2D eigenvalue weighted by Crippen LogP contribution is 2.56. The van der Waals surface area contributed by atoms with Gasteiger partial charge in [-0.3, -0.25) is 14.4 Å². The van der Waals surface area contributed by atoms with Gasteiger partial charge in [0, 0.05) is 22.8 Å². The Hall–Kier alpha value is -2.38. The first-order valence-electron chi connectivity index (χ1n) is 14.8. The normalized spacial score (nSPS) is 41.0. The number of ether oxygens (including phenoxy) is 1. The summed E-state index contributed by atoms with van der Waals surface area (Å²) in [4.78, 5) is 44.2. The van der Waals surface area contributed by atoms with E-state index in [0.717, 1.165) is 38.5 Å². The molecule has 0 unspecified atom stereocenters. The molecule has 1 aromatic carbocycles. The van der Waals surface area contributed by atoms with E-state index in [0.29, 0.717) is 22.5 Å². The Morgan fingerprint density at radius 3 is 2.44 bits per heavy atom. The Morgan fingerprint density at radius 2 is 1.69 bits per heavy atom. The van der Waals surface area contributed by atoms with Crippen LogP contribution in [0.3, 0.4) is 0 Å². The van der Waals surface area contributed by atoms with E-state index < -0.39 is 29.6 Å². The molecular formula is C31H40ClN3O4. The average molecular weight is 554 g/mol. The van der Waals surface area contributed by atoms with E-state index in [-0.39, 0.29) is 35.7 Å². The van der Waals surface area contributed by atoms with Crippen LogP contribution in [0.1, 0.15) is 65.7 Å². The minimum absolute atomic E-state index is 0.0410. The predicted molar refractivity (Wildman–Crippen MR) is 150 cm³/mol. The van der Waals surface area contributed by atoms with Crippen LogP contribution in [0.5, 0.6) is 0 Å². The fraction of sp³-hybridized carbons (Fsp3) is 0.645. The maximum absolute atomic E-state index is 14.4. The van der Waals surface area contributed by atoms with Crippen molar-refractivity contribution in [2.24, 2.45) is 29.6 Å². The Morgan fingerprint density at radius 1 is 0.974 bits per heavy atom. The summed E-state index contributed by atoms with van der Waals surface area (Å²) in [5.74, 6) is -0.777. The summed E-state index contributed by atoms with van der Waals surface area (Å²) in [6.45, 7) is 6.65. The Kier molecular flexibility index (Phi) is 7.03. The van der Waals surface area contributed by atoms with Crippen molar-refractivity contribution in [2.75, 3.05) is 5.32 Å². The van der Waals surface area contributed by atoms with Gasteiger partial charge in [0.25, 0.3) is 0 Å². The summed E-state index contributed by atoms with van der Waals surface area (Å²) >= 11 is 6.02. The lowest BCUT2D eigenvalue weighted by molar-refractivity contribution is -0.146. The molecular weight excluding hydrogens is 514 g/mol. The van der Waals surface area contributed by atoms with Crippen molar-refractivity contribution in [3.63, 3.8) is 0 Å². The van der Waals surface area contributed by atoms with Crippen LogP contribution in [-0.4, -0.2) is 52.5 Å². The minimum Gasteiger partial charge on any atom is -0.359 e. The number of hydrogen-bond donors (Lipinski definition) is 2. The van der Waals surface area contributed by atoms with Gasteiger partial charge in [0.2, 0.25) is 17.7 Å². The summed E-state index contributed by atoms with van der Waals surface area (Å²) in [5.41, 5.74) is -0.516. The van der Waals surface area contributed by atoms with Crippen molar-refractivity contribution in [1.29, 1.82) is 0 Å². The molecule has 1 spiro atoms. The van der Waals surface area contributed by atoms with Gasteiger partial charge < -0.3 is 20.3 Å².